The highest BCUT2D eigenvalue weighted by molar-refractivity contribution is 6.29. The van der Waals surface area contributed by atoms with Crippen molar-refractivity contribution >= 4 is 17.4 Å². The smallest absolute Gasteiger partial charge is 0.131 e. The van der Waals surface area contributed by atoms with Gasteiger partial charge in [-0.3, -0.25) is 0 Å². The predicted octanol–water partition coefficient (Wildman–Crippen LogP) is 3.46. The molecule has 1 aliphatic heterocycles. The molecule has 2 aliphatic rings. The van der Waals surface area contributed by atoms with Crippen LogP contribution < -0.4 is 10.6 Å². The van der Waals surface area contributed by atoms with Gasteiger partial charge in [-0.2, -0.15) is 0 Å². The molecule has 0 aromatic carbocycles. The molecule has 1 aromatic heterocycles. The molecule has 2 heterocycles. The topological polar surface area (TPSA) is 37.0 Å². The molecule has 3 unspecified atom stereocenters. The van der Waals surface area contributed by atoms with E-state index < -0.39 is 0 Å². The number of hydrogen-bond donors (Lipinski definition) is 2. The van der Waals surface area contributed by atoms with Crippen molar-refractivity contribution in [3.8, 4) is 0 Å². The molecule has 104 valence electrons. The number of halogens is 1. The molecule has 3 nitrogen and oxygen atoms in total. The maximum atomic E-state index is 5.96. The Balaban J connectivity index is 1.69. The Morgan fingerprint density at radius 3 is 2.84 bits per heavy atom. The summed E-state index contributed by atoms with van der Waals surface area (Å²) in [6.45, 7) is 1.18. The van der Waals surface area contributed by atoms with Gasteiger partial charge < -0.3 is 10.6 Å². The predicted molar refractivity (Wildman–Crippen MR) is 79.6 cm³/mol. The fourth-order valence-electron chi connectivity index (χ4n) is 3.58. The lowest BCUT2D eigenvalue weighted by Crippen LogP contribution is -2.43. The zero-order valence-corrected chi connectivity index (χ0v) is 12.0. The standard InChI is InChI=1S/C15H22ClN3/c16-14-8-3-9-15(19-14)18-13-6-2-1-5-11(13)12-7-4-10-17-12/h3,8-9,11-13,17H,1-2,4-7,10H2,(H,18,19). The lowest BCUT2D eigenvalue weighted by molar-refractivity contribution is 0.262. The van der Waals surface area contributed by atoms with Crippen LogP contribution in [0.3, 0.4) is 0 Å². The quantitative estimate of drug-likeness (QED) is 0.832. The molecular formula is C15H22ClN3. The molecule has 0 spiro atoms. The molecule has 2 N–H and O–H groups in total. The van der Waals surface area contributed by atoms with Crippen molar-refractivity contribution in [2.75, 3.05) is 11.9 Å². The Morgan fingerprint density at radius 2 is 2.05 bits per heavy atom. The fourth-order valence-corrected chi connectivity index (χ4v) is 3.74. The number of nitrogens with zero attached hydrogens (tertiary/aromatic N) is 1. The van der Waals surface area contributed by atoms with Gasteiger partial charge in [0.1, 0.15) is 11.0 Å². The van der Waals surface area contributed by atoms with Gasteiger partial charge in [0.05, 0.1) is 0 Å². The molecule has 1 aromatic rings. The summed E-state index contributed by atoms with van der Waals surface area (Å²) >= 11 is 5.96. The molecule has 4 heteroatoms. The second-order valence-electron chi connectivity index (χ2n) is 5.75. The Hall–Kier alpha value is -0.800. The van der Waals surface area contributed by atoms with Gasteiger partial charge >= 0.3 is 0 Å². The summed E-state index contributed by atoms with van der Waals surface area (Å²) in [5.41, 5.74) is 0. The van der Waals surface area contributed by atoms with Gasteiger partial charge in [0.15, 0.2) is 0 Å². The van der Waals surface area contributed by atoms with E-state index in [1.54, 1.807) is 0 Å². The zero-order valence-electron chi connectivity index (χ0n) is 11.2. The SMILES string of the molecule is Clc1cccc(NC2CCCCC2C2CCCN2)n1. The number of hydrogen-bond acceptors (Lipinski definition) is 3. The van der Waals surface area contributed by atoms with Crippen LogP contribution in [0.25, 0.3) is 0 Å². The van der Waals surface area contributed by atoms with Crippen molar-refractivity contribution in [3.05, 3.63) is 23.4 Å². The highest BCUT2D eigenvalue weighted by atomic mass is 35.5. The van der Waals surface area contributed by atoms with Crippen LogP contribution in [0.15, 0.2) is 18.2 Å². The van der Waals surface area contributed by atoms with E-state index >= 15 is 0 Å². The molecule has 0 amide bonds. The lowest BCUT2D eigenvalue weighted by atomic mass is 9.79. The maximum Gasteiger partial charge on any atom is 0.131 e. The van der Waals surface area contributed by atoms with Crippen LogP contribution in [0, 0.1) is 5.92 Å². The van der Waals surface area contributed by atoms with Crippen LogP contribution in [-0.4, -0.2) is 23.6 Å². The van der Waals surface area contributed by atoms with Crippen LogP contribution in [0.2, 0.25) is 5.15 Å². The number of pyridine rings is 1. The summed E-state index contributed by atoms with van der Waals surface area (Å²) in [5, 5.41) is 7.85. The van der Waals surface area contributed by atoms with Crippen molar-refractivity contribution in [3.63, 3.8) is 0 Å². The van der Waals surface area contributed by atoms with Crippen LogP contribution in [-0.2, 0) is 0 Å². The first-order valence-corrected chi connectivity index (χ1v) is 7.83. The van der Waals surface area contributed by atoms with Gasteiger partial charge in [-0.1, -0.05) is 30.5 Å². The first kappa shape index (κ1) is 13.2. The van der Waals surface area contributed by atoms with Crippen LogP contribution >= 0.6 is 11.6 Å². The average molecular weight is 280 g/mol. The Bertz CT molecular complexity index is 418. The van der Waals surface area contributed by atoms with Gasteiger partial charge in [0.2, 0.25) is 0 Å². The first-order chi connectivity index (χ1) is 9.33. The third-order valence-corrected chi connectivity index (χ3v) is 4.69. The van der Waals surface area contributed by atoms with E-state index in [0.29, 0.717) is 17.2 Å². The van der Waals surface area contributed by atoms with E-state index in [9.17, 15) is 0 Å². The number of aromatic nitrogens is 1. The lowest BCUT2D eigenvalue weighted by Gasteiger charge is -2.36. The fraction of sp³-hybridized carbons (Fsp3) is 0.667. The molecule has 1 aliphatic carbocycles. The van der Waals surface area contributed by atoms with Crippen molar-refractivity contribution in [2.45, 2.75) is 50.6 Å². The Labute approximate surface area is 120 Å². The van der Waals surface area contributed by atoms with E-state index in [1.807, 2.05) is 18.2 Å². The van der Waals surface area contributed by atoms with Gasteiger partial charge in [0, 0.05) is 12.1 Å². The summed E-state index contributed by atoms with van der Waals surface area (Å²) in [6, 6.07) is 7.03. The average Bonchev–Trinajstić information content (AvgIpc) is 2.93. The van der Waals surface area contributed by atoms with E-state index in [-0.39, 0.29) is 0 Å². The van der Waals surface area contributed by atoms with E-state index in [4.69, 9.17) is 11.6 Å². The minimum atomic E-state index is 0.537. The van der Waals surface area contributed by atoms with Crippen molar-refractivity contribution in [2.24, 2.45) is 5.92 Å². The highest BCUT2D eigenvalue weighted by Gasteiger charge is 2.33. The number of nitrogens with one attached hydrogen (secondary N) is 2. The molecule has 1 saturated carbocycles. The van der Waals surface area contributed by atoms with Crippen molar-refractivity contribution < 1.29 is 0 Å². The van der Waals surface area contributed by atoms with Crippen LogP contribution in [0.1, 0.15) is 38.5 Å². The Morgan fingerprint density at radius 1 is 1.16 bits per heavy atom. The van der Waals surface area contributed by atoms with Crippen molar-refractivity contribution in [1.82, 2.24) is 10.3 Å². The second-order valence-corrected chi connectivity index (χ2v) is 6.13. The van der Waals surface area contributed by atoms with Gasteiger partial charge in [-0.15, -0.1) is 0 Å². The summed E-state index contributed by atoms with van der Waals surface area (Å²) in [5.74, 6) is 1.65. The van der Waals surface area contributed by atoms with E-state index in [1.165, 1.54) is 45.1 Å². The molecular weight excluding hydrogens is 258 g/mol. The molecule has 0 bridgehead atoms. The van der Waals surface area contributed by atoms with E-state index in [2.05, 4.69) is 15.6 Å². The van der Waals surface area contributed by atoms with E-state index in [0.717, 1.165) is 11.7 Å². The molecule has 0 radical (unpaired) electrons. The molecule has 1 saturated heterocycles. The third kappa shape index (κ3) is 3.21. The monoisotopic (exact) mass is 279 g/mol. The van der Waals surface area contributed by atoms with Gasteiger partial charge in [-0.05, 0) is 50.3 Å². The first-order valence-electron chi connectivity index (χ1n) is 7.45. The van der Waals surface area contributed by atoms with Crippen LogP contribution in [0.4, 0.5) is 5.82 Å². The summed E-state index contributed by atoms with van der Waals surface area (Å²) < 4.78 is 0. The highest BCUT2D eigenvalue weighted by Crippen LogP contribution is 2.32. The molecule has 19 heavy (non-hydrogen) atoms. The summed E-state index contributed by atoms with van der Waals surface area (Å²) in [6.07, 6.45) is 7.91. The normalized spacial score (nSPS) is 31.3. The largest absolute Gasteiger partial charge is 0.367 e. The van der Waals surface area contributed by atoms with Gasteiger partial charge in [-0.25, -0.2) is 4.98 Å². The van der Waals surface area contributed by atoms with Gasteiger partial charge in [0.25, 0.3) is 0 Å². The molecule has 2 fully saturated rings. The number of anilines is 1. The Kier molecular flexibility index (Phi) is 4.24. The minimum absolute atomic E-state index is 0.537. The zero-order chi connectivity index (χ0) is 13.1. The summed E-state index contributed by atoms with van der Waals surface area (Å²) in [4.78, 5) is 4.36. The maximum absolute atomic E-state index is 5.96. The summed E-state index contributed by atoms with van der Waals surface area (Å²) in [7, 11) is 0. The molecule has 3 atom stereocenters. The second kappa shape index (κ2) is 6.10. The number of rotatable bonds is 3. The van der Waals surface area contributed by atoms with Crippen LogP contribution in [0.5, 0.6) is 0 Å². The minimum Gasteiger partial charge on any atom is -0.367 e. The third-order valence-electron chi connectivity index (χ3n) is 4.48. The molecule has 3 rings (SSSR count). The van der Waals surface area contributed by atoms with Crippen molar-refractivity contribution in [1.29, 1.82) is 0 Å².